The van der Waals surface area contributed by atoms with Crippen LogP contribution < -0.4 is 5.32 Å². The molecule has 1 fully saturated rings. The summed E-state index contributed by atoms with van der Waals surface area (Å²) in [5.74, 6) is 1.32. The first-order valence-electron chi connectivity index (χ1n) is 4.90. The average molecular weight is 197 g/mol. The summed E-state index contributed by atoms with van der Waals surface area (Å²) in [6, 6.07) is 0.411. The Morgan fingerprint density at radius 3 is 3.00 bits per heavy atom. The van der Waals surface area contributed by atoms with Crippen LogP contribution in [-0.2, 0) is 11.3 Å². The molecule has 2 heterocycles. The predicted molar refractivity (Wildman–Crippen MR) is 49.7 cm³/mol. The first-order valence-corrected chi connectivity index (χ1v) is 4.90. The second-order valence-electron chi connectivity index (χ2n) is 3.58. The second-order valence-corrected chi connectivity index (χ2v) is 3.58. The molecule has 5 nitrogen and oxygen atoms in total. The Hall–Kier alpha value is -0.940. The molecule has 0 aromatic carbocycles. The molecule has 0 spiro atoms. The van der Waals surface area contributed by atoms with Gasteiger partial charge in [0.05, 0.1) is 12.6 Å². The minimum Gasteiger partial charge on any atom is -0.377 e. The van der Waals surface area contributed by atoms with Crippen LogP contribution in [0.2, 0.25) is 0 Å². The first-order chi connectivity index (χ1) is 6.75. The van der Waals surface area contributed by atoms with Gasteiger partial charge in [-0.05, 0) is 13.3 Å². The average Bonchev–Trinajstić information content (AvgIpc) is 2.72. The van der Waals surface area contributed by atoms with Crippen molar-refractivity contribution < 1.29 is 9.26 Å². The Kier molecular flexibility index (Phi) is 2.79. The van der Waals surface area contributed by atoms with Gasteiger partial charge in [-0.2, -0.15) is 4.98 Å². The van der Waals surface area contributed by atoms with Crippen molar-refractivity contribution in [2.45, 2.75) is 39.0 Å². The van der Waals surface area contributed by atoms with E-state index in [-0.39, 0.29) is 6.10 Å². The summed E-state index contributed by atoms with van der Waals surface area (Å²) >= 11 is 0. The predicted octanol–water partition coefficient (Wildman–Crippen LogP) is 0.645. The van der Waals surface area contributed by atoms with Crippen LogP contribution in [0.3, 0.4) is 0 Å². The van der Waals surface area contributed by atoms with Gasteiger partial charge in [-0.3, -0.25) is 0 Å². The fourth-order valence-corrected chi connectivity index (χ4v) is 1.64. The number of aromatic nitrogens is 2. The Balaban J connectivity index is 1.82. The molecule has 1 saturated heterocycles. The minimum absolute atomic E-state index is 0.281. The van der Waals surface area contributed by atoms with E-state index in [1.54, 1.807) is 6.92 Å². The topological polar surface area (TPSA) is 60.2 Å². The minimum atomic E-state index is 0.281. The van der Waals surface area contributed by atoms with E-state index in [2.05, 4.69) is 22.4 Å². The maximum Gasteiger partial charge on any atom is 0.223 e. The summed E-state index contributed by atoms with van der Waals surface area (Å²) in [4.78, 5) is 4.12. The molecule has 5 heteroatoms. The zero-order chi connectivity index (χ0) is 9.97. The number of nitrogens with one attached hydrogen (secondary N) is 1. The quantitative estimate of drug-likeness (QED) is 0.770. The zero-order valence-electron chi connectivity index (χ0n) is 8.49. The third-order valence-electron chi connectivity index (χ3n) is 2.47. The lowest BCUT2D eigenvalue weighted by molar-refractivity contribution is 0.113. The van der Waals surface area contributed by atoms with Gasteiger partial charge in [-0.25, -0.2) is 0 Å². The van der Waals surface area contributed by atoms with E-state index in [9.17, 15) is 0 Å². The number of aryl methyl sites for hydroxylation is 1. The van der Waals surface area contributed by atoms with Gasteiger partial charge in [-0.15, -0.1) is 0 Å². The van der Waals surface area contributed by atoms with Crippen molar-refractivity contribution in [2.24, 2.45) is 0 Å². The summed E-state index contributed by atoms with van der Waals surface area (Å²) in [6.45, 7) is 5.35. The molecule has 78 valence electrons. The number of hydrogen-bond donors (Lipinski definition) is 1. The van der Waals surface area contributed by atoms with Gasteiger partial charge in [0.25, 0.3) is 0 Å². The Morgan fingerprint density at radius 1 is 1.57 bits per heavy atom. The van der Waals surface area contributed by atoms with Crippen LogP contribution in [0.5, 0.6) is 0 Å². The van der Waals surface area contributed by atoms with Crippen molar-refractivity contribution in [3.63, 3.8) is 0 Å². The fourth-order valence-electron chi connectivity index (χ4n) is 1.64. The molecule has 2 unspecified atom stereocenters. The lowest BCUT2D eigenvalue weighted by Crippen LogP contribution is -2.34. The largest absolute Gasteiger partial charge is 0.377 e. The highest BCUT2D eigenvalue weighted by Crippen LogP contribution is 2.12. The number of rotatable bonds is 3. The molecule has 0 radical (unpaired) electrons. The van der Waals surface area contributed by atoms with Crippen LogP contribution in [-0.4, -0.2) is 28.9 Å². The van der Waals surface area contributed by atoms with Crippen LogP contribution in [0.25, 0.3) is 0 Å². The van der Waals surface area contributed by atoms with Gasteiger partial charge in [0.1, 0.15) is 0 Å². The summed E-state index contributed by atoms with van der Waals surface area (Å²) in [5, 5.41) is 7.16. The van der Waals surface area contributed by atoms with E-state index in [1.807, 2.05) is 0 Å². The van der Waals surface area contributed by atoms with E-state index in [0.717, 1.165) is 13.0 Å². The Bertz CT molecular complexity index is 300. The van der Waals surface area contributed by atoms with E-state index in [1.165, 1.54) is 0 Å². The maximum absolute atomic E-state index is 5.43. The monoisotopic (exact) mass is 197 g/mol. The van der Waals surface area contributed by atoms with Gasteiger partial charge < -0.3 is 14.6 Å². The van der Waals surface area contributed by atoms with E-state index in [4.69, 9.17) is 9.26 Å². The van der Waals surface area contributed by atoms with Crippen LogP contribution in [0, 0.1) is 6.92 Å². The van der Waals surface area contributed by atoms with Crippen molar-refractivity contribution in [1.29, 1.82) is 0 Å². The van der Waals surface area contributed by atoms with Gasteiger partial charge in [0.2, 0.25) is 5.89 Å². The van der Waals surface area contributed by atoms with E-state index in [0.29, 0.717) is 24.3 Å². The first kappa shape index (κ1) is 9.61. The lowest BCUT2D eigenvalue weighted by atomic mass is 10.1. The summed E-state index contributed by atoms with van der Waals surface area (Å²) in [5.41, 5.74) is 0. The highest BCUT2D eigenvalue weighted by atomic mass is 16.5. The molecule has 2 atom stereocenters. The van der Waals surface area contributed by atoms with Crippen LogP contribution >= 0.6 is 0 Å². The molecular formula is C9H15N3O2. The molecule has 2 rings (SSSR count). The van der Waals surface area contributed by atoms with Crippen LogP contribution in [0.1, 0.15) is 25.1 Å². The maximum atomic E-state index is 5.43. The third-order valence-corrected chi connectivity index (χ3v) is 2.47. The van der Waals surface area contributed by atoms with E-state index >= 15 is 0 Å². The standard InChI is InChI=1S/C9H15N3O2/c1-6-8(3-4-13-6)10-5-9-11-7(2)14-12-9/h6,8,10H,3-5H2,1-2H3. The molecule has 1 aromatic heterocycles. The summed E-state index contributed by atoms with van der Waals surface area (Å²) in [7, 11) is 0. The van der Waals surface area contributed by atoms with Crippen molar-refractivity contribution in [2.75, 3.05) is 6.61 Å². The van der Waals surface area contributed by atoms with E-state index < -0.39 is 0 Å². The van der Waals surface area contributed by atoms with Crippen molar-refractivity contribution >= 4 is 0 Å². The van der Waals surface area contributed by atoms with Crippen molar-refractivity contribution in [3.05, 3.63) is 11.7 Å². The molecule has 1 aliphatic rings. The normalized spacial score (nSPS) is 27.0. The molecule has 0 amide bonds. The highest BCUT2D eigenvalue weighted by Gasteiger charge is 2.23. The molecule has 0 saturated carbocycles. The highest BCUT2D eigenvalue weighted by molar-refractivity contribution is 4.86. The molecule has 1 aromatic rings. The molecule has 1 N–H and O–H groups in total. The molecule has 0 aliphatic carbocycles. The van der Waals surface area contributed by atoms with Crippen LogP contribution in [0.15, 0.2) is 4.52 Å². The van der Waals surface area contributed by atoms with Gasteiger partial charge in [0.15, 0.2) is 5.82 Å². The number of nitrogens with zero attached hydrogens (tertiary/aromatic N) is 2. The lowest BCUT2D eigenvalue weighted by Gasteiger charge is -2.14. The summed E-state index contributed by atoms with van der Waals surface area (Å²) < 4.78 is 10.3. The van der Waals surface area contributed by atoms with Crippen molar-refractivity contribution in [1.82, 2.24) is 15.5 Å². The fraction of sp³-hybridized carbons (Fsp3) is 0.778. The van der Waals surface area contributed by atoms with Gasteiger partial charge in [-0.1, -0.05) is 5.16 Å². The van der Waals surface area contributed by atoms with Crippen molar-refractivity contribution in [3.8, 4) is 0 Å². The third kappa shape index (κ3) is 2.10. The van der Waals surface area contributed by atoms with Gasteiger partial charge in [0, 0.05) is 19.6 Å². The Labute approximate surface area is 82.8 Å². The number of hydrogen-bond acceptors (Lipinski definition) is 5. The second kappa shape index (κ2) is 4.06. The molecular weight excluding hydrogens is 182 g/mol. The Morgan fingerprint density at radius 2 is 2.43 bits per heavy atom. The van der Waals surface area contributed by atoms with Gasteiger partial charge >= 0.3 is 0 Å². The summed E-state index contributed by atoms with van der Waals surface area (Å²) in [6.07, 6.45) is 1.33. The number of ether oxygens (including phenoxy) is 1. The molecule has 1 aliphatic heterocycles. The smallest absolute Gasteiger partial charge is 0.223 e. The molecule has 14 heavy (non-hydrogen) atoms. The van der Waals surface area contributed by atoms with Crippen LogP contribution in [0.4, 0.5) is 0 Å². The zero-order valence-corrected chi connectivity index (χ0v) is 8.49. The SMILES string of the molecule is Cc1nc(CNC2CCOC2C)no1. The molecule has 0 bridgehead atoms.